The number of sulfonamides is 1. The number of anilines is 1. The van der Waals surface area contributed by atoms with Crippen molar-refractivity contribution in [3.63, 3.8) is 0 Å². The number of nitrogens with zero attached hydrogens (tertiary/aromatic N) is 2. The summed E-state index contributed by atoms with van der Waals surface area (Å²) in [5, 5.41) is -0.204. The molecule has 4 aliphatic rings. The van der Waals surface area contributed by atoms with Gasteiger partial charge in [-0.1, -0.05) is 30.7 Å². The quantitative estimate of drug-likeness (QED) is 0.457. The van der Waals surface area contributed by atoms with Crippen LogP contribution in [0.2, 0.25) is 5.02 Å². The highest BCUT2D eigenvalue weighted by molar-refractivity contribution is 7.90. The van der Waals surface area contributed by atoms with Gasteiger partial charge in [0.05, 0.1) is 30.2 Å². The first kappa shape index (κ1) is 32.3. The molecule has 1 amide bonds. The van der Waals surface area contributed by atoms with E-state index in [1.807, 2.05) is 13.0 Å². The lowest BCUT2D eigenvalue weighted by molar-refractivity contribution is 0.00185. The first-order valence-corrected chi connectivity index (χ1v) is 18.0. The monoisotopic (exact) mass is 659 g/mol. The van der Waals surface area contributed by atoms with Crippen LogP contribution in [0.25, 0.3) is 0 Å². The Bertz CT molecular complexity index is 1590. The van der Waals surface area contributed by atoms with Crippen molar-refractivity contribution in [1.82, 2.24) is 9.62 Å². The number of halogens is 2. The number of aryl methyl sites for hydroxylation is 1. The van der Waals surface area contributed by atoms with E-state index in [4.69, 9.17) is 21.1 Å². The van der Waals surface area contributed by atoms with E-state index in [0.717, 1.165) is 37.9 Å². The molecule has 1 fully saturated rings. The first-order chi connectivity index (χ1) is 21.5. The molecule has 0 saturated carbocycles. The summed E-state index contributed by atoms with van der Waals surface area (Å²) in [5.74, 6) is -0.783. The highest BCUT2D eigenvalue weighted by Crippen LogP contribution is 2.45. The smallest absolute Gasteiger partial charge is 0.264 e. The van der Waals surface area contributed by atoms with Gasteiger partial charge < -0.3 is 14.4 Å². The normalized spacial score (nSPS) is 31.4. The van der Waals surface area contributed by atoms with Crippen LogP contribution in [-0.4, -0.2) is 76.0 Å². The molecule has 3 heterocycles. The fourth-order valence-electron chi connectivity index (χ4n) is 7.35. The number of ether oxygens (including phenoxy) is 2. The number of hydrogen-bond acceptors (Lipinski definition) is 7. The van der Waals surface area contributed by atoms with Crippen molar-refractivity contribution in [3.8, 4) is 5.75 Å². The Hall–Kier alpha value is -2.66. The Balaban J connectivity index is 1.44. The van der Waals surface area contributed by atoms with Gasteiger partial charge >= 0.3 is 0 Å². The second-order valence-electron chi connectivity index (χ2n) is 13.1. The summed E-state index contributed by atoms with van der Waals surface area (Å²) in [6.45, 7) is 8.31. The van der Waals surface area contributed by atoms with Crippen molar-refractivity contribution in [2.75, 3.05) is 44.4 Å². The summed E-state index contributed by atoms with van der Waals surface area (Å²) in [6, 6.07) is 10.7. The fourth-order valence-corrected chi connectivity index (χ4v) is 8.83. The van der Waals surface area contributed by atoms with Gasteiger partial charge in [-0.05, 0) is 93.3 Å². The van der Waals surface area contributed by atoms with Crippen LogP contribution >= 0.6 is 11.6 Å². The van der Waals surface area contributed by atoms with Gasteiger partial charge in [0, 0.05) is 48.3 Å². The molecule has 6 rings (SSSR count). The molecule has 1 spiro atoms. The topological polar surface area (TPSA) is 88.2 Å². The van der Waals surface area contributed by atoms with Gasteiger partial charge in [-0.3, -0.25) is 9.69 Å². The molecule has 11 heteroatoms. The number of rotatable bonds is 3. The van der Waals surface area contributed by atoms with Gasteiger partial charge in [-0.2, -0.15) is 0 Å². The van der Waals surface area contributed by atoms with Crippen molar-refractivity contribution in [3.05, 3.63) is 70.0 Å². The lowest BCUT2D eigenvalue weighted by Gasteiger charge is -2.49. The van der Waals surface area contributed by atoms with E-state index in [1.165, 1.54) is 17.2 Å². The maximum absolute atomic E-state index is 16.0. The zero-order chi connectivity index (χ0) is 31.9. The Morgan fingerprint density at radius 2 is 2.02 bits per heavy atom. The van der Waals surface area contributed by atoms with Gasteiger partial charge in [0.25, 0.3) is 5.91 Å². The van der Waals surface area contributed by atoms with Crippen molar-refractivity contribution < 1.29 is 27.1 Å². The number of amides is 1. The fraction of sp³-hybridized carbons (Fsp3) is 0.559. The third kappa shape index (κ3) is 6.35. The molecular weight excluding hydrogens is 617 g/mol. The van der Waals surface area contributed by atoms with Crippen LogP contribution in [0.3, 0.4) is 0 Å². The SMILES string of the molecule is CCOC[C@H]1/C(F)=C/C[C@H](C)[C@@H](C)S(=O)(=O)NC(=O)c2ccc3c(c2)N(C[C@@H]2CCN21)C[C@@]1(CCCc2cc(Cl)ccc21)CO3. The second kappa shape index (κ2) is 12.9. The summed E-state index contributed by atoms with van der Waals surface area (Å²) in [4.78, 5) is 17.8. The van der Waals surface area contributed by atoms with Crippen molar-refractivity contribution in [2.45, 2.75) is 75.6 Å². The van der Waals surface area contributed by atoms with E-state index in [9.17, 15) is 13.2 Å². The maximum atomic E-state index is 16.0. The van der Waals surface area contributed by atoms with Gasteiger partial charge in [-0.25, -0.2) is 17.5 Å². The lowest BCUT2D eigenvalue weighted by atomic mass is 9.70. The van der Waals surface area contributed by atoms with E-state index in [-0.39, 0.29) is 35.9 Å². The number of hydrogen-bond donors (Lipinski definition) is 1. The zero-order valence-corrected chi connectivity index (χ0v) is 27.8. The Morgan fingerprint density at radius 1 is 1.20 bits per heavy atom. The largest absolute Gasteiger partial charge is 0.490 e. The van der Waals surface area contributed by atoms with Crippen LogP contribution in [0.15, 0.2) is 48.3 Å². The number of carbonyl (C=O) groups excluding carboxylic acids is 1. The molecule has 5 atom stereocenters. The minimum Gasteiger partial charge on any atom is -0.490 e. The highest BCUT2D eigenvalue weighted by atomic mass is 35.5. The van der Waals surface area contributed by atoms with E-state index < -0.39 is 33.1 Å². The number of fused-ring (bicyclic) bond motifs is 4. The zero-order valence-electron chi connectivity index (χ0n) is 26.2. The number of carbonyl (C=O) groups is 1. The van der Waals surface area contributed by atoms with Crippen LogP contribution in [0.4, 0.5) is 10.1 Å². The number of nitrogens with one attached hydrogen (secondary N) is 1. The average molecular weight is 660 g/mol. The van der Waals surface area contributed by atoms with Crippen molar-refractivity contribution in [2.24, 2.45) is 5.92 Å². The third-order valence-corrected chi connectivity index (χ3v) is 12.5. The molecule has 1 saturated heterocycles. The van der Waals surface area contributed by atoms with E-state index in [2.05, 4.69) is 26.7 Å². The summed E-state index contributed by atoms with van der Waals surface area (Å²) >= 11 is 6.40. The van der Waals surface area contributed by atoms with Crippen LogP contribution in [-0.2, 0) is 26.6 Å². The molecule has 2 bridgehead atoms. The number of benzene rings is 2. The van der Waals surface area contributed by atoms with Crippen LogP contribution in [0, 0.1) is 5.92 Å². The molecule has 1 aliphatic carbocycles. The summed E-state index contributed by atoms with van der Waals surface area (Å²) in [7, 11) is -4.03. The summed E-state index contributed by atoms with van der Waals surface area (Å²) in [6.07, 6.45) is 5.48. The molecule has 244 valence electrons. The molecule has 45 heavy (non-hydrogen) atoms. The molecule has 2 aromatic rings. The van der Waals surface area contributed by atoms with Gasteiger partial charge in [0.2, 0.25) is 10.0 Å². The number of allylic oxidation sites excluding steroid dienone is 1. The van der Waals surface area contributed by atoms with Gasteiger partial charge in [0.15, 0.2) is 0 Å². The van der Waals surface area contributed by atoms with E-state index in [1.54, 1.807) is 32.0 Å². The van der Waals surface area contributed by atoms with E-state index in [0.29, 0.717) is 37.1 Å². The predicted molar refractivity (Wildman–Crippen MR) is 174 cm³/mol. The summed E-state index contributed by atoms with van der Waals surface area (Å²) in [5.41, 5.74) is 3.10. The molecule has 0 aromatic heterocycles. The minimum atomic E-state index is -4.03. The predicted octanol–water partition coefficient (Wildman–Crippen LogP) is 5.63. The molecule has 3 aliphatic heterocycles. The lowest BCUT2D eigenvalue weighted by Crippen LogP contribution is -2.60. The van der Waals surface area contributed by atoms with Crippen LogP contribution < -0.4 is 14.4 Å². The Morgan fingerprint density at radius 3 is 2.78 bits per heavy atom. The molecular formula is C34H43ClFN3O5S. The maximum Gasteiger partial charge on any atom is 0.264 e. The van der Waals surface area contributed by atoms with Crippen LogP contribution in [0.5, 0.6) is 5.75 Å². The van der Waals surface area contributed by atoms with Crippen molar-refractivity contribution in [1.29, 1.82) is 0 Å². The Labute approximate surface area is 270 Å². The molecule has 1 N–H and O–H groups in total. The highest BCUT2D eigenvalue weighted by Gasteiger charge is 2.44. The first-order valence-electron chi connectivity index (χ1n) is 16.1. The standard InChI is InChI=1S/C34H43ClFN3O5S/c1-4-43-19-31-29(36)11-7-22(2)23(3)45(41,42)37-33(40)25-8-12-32-30(17-25)38(18-27-13-15-39(27)31)20-34(21-44-32)14-5-6-24-16-26(35)9-10-28(24)34/h8-12,16-17,22-23,27,31H,4-7,13-15,18-21H2,1-3H3,(H,37,40)/b29-11-/t22-,23+,27-,31-,34-/m0/s1. The second-order valence-corrected chi connectivity index (χ2v) is 15.6. The minimum absolute atomic E-state index is 0.0491. The molecule has 8 nitrogen and oxygen atoms in total. The average Bonchev–Trinajstić information content (AvgIpc) is 3.15. The van der Waals surface area contributed by atoms with Gasteiger partial charge in [-0.15, -0.1) is 0 Å². The summed E-state index contributed by atoms with van der Waals surface area (Å²) < 4.78 is 57.1. The van der Waals surface area contributed by atoms with Crippen molar-refractivity contribution >= 4 is 33.2 Å². The van der Waals surface area contributed by atoms with Gasteiger partial charge in [0.1, 0.15) is 11.6 Å². The molecule has 2 aromatic carbocycles. The third-order valence-electron chi connectivity index (χ3n) is 10.3. The van der Waals surface area contributed by atoms with E-state index >= 15 is 4.39 Å². The van der Waals surface area contributed by atoms with Crippen LogP contribution in [0.1, 0.15) is 67.9 Å². The Kier molecular flexibility index (Phi) is 9.22. The molecule has 0 radical (unpaired) electrons. The molecule has 0 unspecified atom stereocenters.